The molecule has 1 saturated heterocycles. The lowest BCUT2D eigenvalue weighted by molar-refractivity contribution is -0.274. The molecule has 2 heterocycles. The molecule has 0 spiro atoms. The van der Waals surface area contributed by atoms with Crippen molar-refractivity contribution in [2.75, 3.05) is 0 Å². The van der Waals surface area contributed by atoms with Gasteiger partial charge in [-0.3, -0.25) is 9.69 Å². The molecular weight excluding hydrogens is 483 g/mol. The lowest BCUT2D eigenvalue weighted by atomic mass is 9.92. The molecule has 1 aromatic heterocycles. The Hall–Kier alpha value is -4.30. The second kappa shape index (κ2) is 8.81. The van der Waals surface area contributed by atoms with Crippen molar-refractivity contribution in [3.05, 3.63) is 59.9 Å². The van der Waals surface area contributed by atoms with Gasteiger partial charge in [-0.25, -0.2) is 4.79 Å². The number of hydrogen-bond acceptors (Lipinski definition) is 7. The molecule has 4 rings (SSSR count). The fraction of sp³-hybridized carbons (Fsp3) is 0.250. The second-order valence-electron chi connectivity index (χ2n) is 7.40. The van der Waals surface area contributed by atoms with E-state index in [-0.39, 0.29) is 23.7 Å². The van der Waals surface area contributed by atoms with Crippen LogP contribution >= 0.6 is 0 Å². The van der Waals surface area contributed by atoms with E-state index in [9.17, 15) is 31.5 Å². The molecule has 3 amide bonds. The molecular formula is C20H15F5N6O4. The number of imide groups is 1. The van der Waals surface area contributed by atoms with Gasteiger partial charge in [-0.05, 0) is 59.3 Å². The number of carbonyl (C=O) groups is 2. The normalized spacial score (nSPS) is 18.2. The number of carbonyl (C=O) groups excluding carboxylic acids is 2. The average molecular weight is 498 g/mol. The summed E-state index contributed by atoms with van der Waals surface area (Å²) in [7, 11) is 0. The predicted octanol–water partition coefficient (Wildman–Crippen LogP) is 3.13. The molecule has 1 N–H and O–H groups in total. The van der Waals surface area contributed by atoms with Gasteiger partial charge in [0.2, 0.25) is 0 Å². The third-order valence-electron chi connectivity index (χ3n) is 5.08. The number of hydrogen-bond donors (Lipinski definition) is 1. The van der Waals surface area contributed by atoms with Crippen molar-refractivity contribution in [3.8, 4) is 17.2 Å². The van der Waals surface area contributed by atoms with Crippen LogP contribution in [-0.4, -0.2) is 50.0 Å². The number of rotatable bonds is 7. The summed E-state index contributed by atoms with van der Waals surface area (Å²) in [5.41, 5.74) is -0.996. The number of nitrogens with zero attached hydrogens (tertiary/aromatic N) is 5. The van der Waals surface area contributed by atoms with E-state index in [4.69, 9.17) is 0 Å². The third kappa shape index (κ3) is 4.97. The first-order valence-electron chi connectivity index (χ1n) is 9.79. The number of halogens is 5. The lowest BCUT2D eigenvalue weighted by Crippen LogP contribution is -2.40. The van der Waals surface area contributed by atoms with Gasteiger partial charge >= 0.3 is 19.0 Å². The number of alkyl halides is 5. The van der Waals surface area contributed by atoms with Crippen molar-refractivity contribution in [3.63, 3.8) is 0 Å². The molecule has 0 aliphatic carbocycles. The predicted molar refractivity (Wildman–Crippen MR) is 105 cm³/mol. The van der Waals surface area contributed by atoms with Crippen LogP contribution in [-0.2, 0) is 16.9 Å². The molecule has 1 atom stereocenters. The molecule has 1 aliphatic heterocycles. The van der Waals surface area contributed by atoms with Crippen LogP contribution < -0.4 is 14.8 Å². The fourth-order valence-electron chi connectivity index (χ4n) is 3.44. The van der Waals surface area contributed by atoms with Crippen molar-refractivity contribution >= 4 is 11.9 Å². The zero-order chi connectivity index (χ0) is 25.4. The summed E-state index contributed by atoms with van der Waals surface area (Å²) in [6, 6.07) is 9.08. The highest BCUT2D eigenvalue weighted by atomic mass is 19.4. The van der Waals surface area contributed by atoms with Gasteiger partial charge in [0, 0.05) is 0 Å². The van der Waals surface area contributed by atoms with Crippen LogP contribution in [0, 0.1) is 0 Å². The molecule has 10 nitrogen and oxygen atoms in total. The van der Waals surface area contributed by atoms with E-state index in [1.807, 2.05) is 0 Å². The van der Waals surface area contributed by atoms with Crippen LogP contribution in [0.1, 0.15) is 18.3 Å². The monoisotopic (exact) mass is 498 g/mol. The molecule has 2 aromatic carbocycles. The van der Waals surface area contributed by atoms with E-state index in [1.165, 1.54) is 48.0 Å². The van der Waals surface area contributed by atoms with E-state index in [0.29, 0.717) is 5.69 Å². The van der Waals surface area contributed by atoms with Crippen molar-refractivity contribution in [1.29, 1.82) is 0 Å². The molecule has 0 bridgehead atoms. The highest BCUT2D eigenvalue weighted by Crippen LogP contribution is 2.32. The first-order valence-corrected chi connectivity index (χ1v) is 9.79. The van der Waals surface area contributed by atoms with Gasteiger partial charge in [0.25, 0.3) is 5.91 Å². The maximum Gasteiger partial charge on any atom is 0.573 e. The van der Waals surface area contributed by atoms with Crippen LogP contribution in [0.4, 0.5) is 26.7 Å². The Morgan fingerprint density at radius 2 is 1.66 bits per heavy atom. The molecule has 0 saturated carbocycles. The third-order valence-corrected chi connectivity index (χ3v) is 5.08. The number of nitrogens with one attached hydrogen (secondary N) is 1. The number of urea groups is 1. The van der Waals surface area contributed by atoms with E-state index >= 15 is 0 Å². The minimum absolute atomic E-state index is 0.0780. The zero-order valence-corrected chi connectivity index (χ0v) is 17.7. The number of ether oxygens (including phenoxy) is 2. The first-order chi connectivity index (χ1) is 16.5. The highest BCUT2D eigenvalue weighted by Gasteiger charge is 2.49. The molecule has 1 fully saturated rings. The molecule has 1 aliphatic rings. The number of tetrazole rings is 1. The van der Waals surface area contributed by atoms with Crippen molar-refractivity contribution < 1.29 is 41.0 Å². The fourth-order valence-corrected chi connectivity index (χ4v) is 3.44. The van der Waals surface area contributed by atoms with Gasteiger partial charge in [0.15, 0.2) is 5.82 Å². The van der Waals surface area contributed by atoms with E-state index in [0.717, 1.165) is 17.0 Å². The Kier molecular flexibility index (Phi) is 6.00. The van der Waals surface area contributed by atoms with Crippen LogP contribution in [0.2, 0.25) is 0 Å². The molecule has 184 valence electrons. The summed E-state index contributed by atoms with van der Waals surface area (Å²) < 4.78 is 71.2. The SMILES string of the molecule is CC1(c2ccc(OC(F)(F)F)cc2)NC(=O)N(Cc2nnnn2-c2ccc(OC(F)F)cc2)C1=O. The average Bonchev–Trinajstić information content (AvgIpc) is 3.32. The Balaban J connectivity index is 1.53. The van der Waals surface area contributed by atoms with Crippen molar-refractivity contribution in [2.24, 2.45) is 0 Å². The minimum Gasteiger partial charge on any atom is -0.435 e. The maximum absolute atomic E-state index is 13.1. The lowest BCUT2D eigenvalue weighted by Gasteiger charge is -2.22. The van der Waals surface area contributed by atoms with Gasteiger partial charge in [0.05, 0.1) is 12.2 Å². The summed E-state index contributed by atoms with van der Waals surface area (Å²) in [5.74, 6) is -1.19. The summed E-state index contributed by atoms with van der Waals surface area (Å²) in [6.45, 7) is -1.94. The highest BCUT2D eigenvalue weighted by molar-refractivity contribution is 6.07. The maximum atomic E-state index is 13.1. The van der Waals surface area contributed by atoms with Crippen LogP contribution in [0.5, 0.6) is 11.5 Å². The first kappa shape index (κ1) is 23.8. The summed E-state index contributed by atoms with van der Waals surface area (Å²) in [5, 5.41) is 13.7. The number of benzene rings is 2. The zero-order valence-electron chi connectivity index (χ0n) is 17.7. The minimum atomic E-state index is -4.88. The van der Waals surface area contributed by atoms with Gasteiger partial charge in [-0.1, -0.05) is 12.1 Å². The van der Waals surface area contributed by atoms with Crippen LogP contribution in [0.25, 0.3) is 5.69 Å². The van der Waals surface area contributed by atoms with E-state index in [2.05, 4.69) is 30.3 Å². The molecule has 3 aromatic rings. The van der Waals surface area contributed by atoms with Crippen LogP contribution in [0.15, 0.2) is 48.5 Å². The smallest absolute Gasteiger partial charge is 0.435 e. The molecule has 0 radical (unpaired) electrons. The van der Waals surface area contributed by atoms with Crippen molar-refractivity contribution in [2.45, 2.75) is 32.0 Å². The summed E-state index contributed by atoms with van der Waals surface area (Å²) >= 11 is 0. The van der Waals surface area contributed by atoms with Crippen molar-refractivity contribution in [1.82, 2.24) is 30.4 Å². The number of amides is 3. The van der Waals surface area contributed by atoms with Crippen LogP contribution in [0.3, 0.4) is 0 Å². The van der Waals surface area contributed by atoms with Gasteiger partial charge < -0.3 is 14.8 Å². The Labute approximate surface area is 193 Å². The van der Waals surface area contributed by atoms with E-state index in [1.54, 1.807) is 0 Å². The van der Waals surface area contributed by atoms with Gasteiger partial charge in [-0.2, -0.15) is 13.5 Å². The van der Waals surface area contributed by atoms with Gasteiger partial charge in [-0.15, -0.1) is 18.3 Å². The van der Waals surface area contributed by atoms with E-state index < -0.39 is 36.2 Å². The molecule has 15 heteroatoms. The topological polar surface area (TPSA) is 111 Å². The Bertz CT molecular complexity index is 1230. The Morgan fingerprint density at radius 3 is 2.26 bits per heavy atom. The number of aromatic nitrogens is 4. The Morgan fingerprint density at radius 1 is 1.03 bits per heavy atom. The second-order valence-corrected chi connectivity index (χ2v) is 7.40. The summed E-state index contributed by atoms with van der Waals surface area (Å²) in [6.07, 6.45) is -4.88. The standard InChI is InChI=1S/C20H15F5N6O4/c1-19(11-2-6-14(7-3-11)35-20(23,24)25)16(32)30(18(33)26-19)10-15-27-28-29-31(15)12-4-8-13(9-5-12)34-17(21)22/h2-9,17H,10H2,1H3,(H,26,33). The van der Waals surface area contributed by atoms with Gasteiger partial charge in [0.1, 0.15) is 17.0 Å². The molecule has 1 unspecified atom stereocenters. The largest absolute Gasteiger partial charge is 0.573 e. The summed E-state index contributed by atoms with van der Waals surface area (Å²) in [4.78, 5) is 26.6. The molecule has 35 heavy (non-hydrogen) atoms. The quantitative estimate of drug-likeness (QED) is 0.394.